The van der Waals surface area contributed by atoms with Gasteiger partial charge < -0.3 is 10.6 Å². The number of alkyl halides is 3. The molecule has 0 spiro atoms. The van der Waals surface area contributed by atoms with Crippen molar-refractivity contribution < 1.29 is 13.2 Å². The third kappa shape index (κ3) is 13.7. The third-order valence-corrected chi connectivity index (χ3v) is 4.56. The van der Waals surface area contributed by atoms with Crippen molar-refractivity contribution >= 4 is 29.9 Å². The molecule has 0 aliphatic carbocycles. The zero-order valence-corrected chi connectivity index (χ0v) is 20.1. The Morgan fingerprint density at radius 1 is 1.10 bits per heavy atom. The molecule has 0 radical (unpaired) electrons. The molecular weight excluding hydrogens is 494 g/mol. The van der Waals surface area contributed by atoms with E-state index in [-0.39, 0.29) is 24.0 Å². The molecule has 0 heterocycles. The number of guanidine groups is 1. The van der Waals surface area contributed by atoms with Gasteiger partial charge in [-0.25, -0.2) is 0 Å². The summed E-state index contributed by atoms with van der Waals surface area (Å²) in [5, 5.41) is 6.41. The van der Waals surface area contributed by atoms with Gasteiger partial charge in [0.2, 0.25) is 0 Å². The summed E-state index contributed by atoms with van der Waals surface area (Å²) in [6.07, 6.45) is -2.58. The first kappa shape index (κ1) is 27.9. The lowest BCUT2D eigenvalue weighted by molar-refractivity contribution is -0.143. The monoisotopic (exact) mass is 529 g/mol. The van der Waals surface area contributed by atoms with E-state index < -0.39 is 12.7 Å². The number of nitrogens with zero attached hydrogens (tertiary/aromatic N) is 3. The molecule has 1 aromatic rings. The first-order valence-electron chi connectivity index (χ1n) is 9.65. The van der Waals surface area contributed by atoms with Gasteiger partial charge >= 0.3 is 6.18 Å². The maximum atomic E-state index is 12.3. The smallest absolute Gasteiger partial charge is 0.356 e. The molecule has 2 N–H and O–H groups in total. The standard InChI is InChI=1S/C20H34F3N5.HI/c1-17(28(4)15-18-9-6-5-7-10-18)11-13-26-19(24-2)25-12-8-14-27(3)16-20(21,22)23;/h5-7,9-10,17H,8,11-16H2,1-4H3,(H2,24,25,26);1H. The Hall–Kier alpha value is -1.07. The number of rotatable bonds is 11. The van der Waals surface area contributed by atoms with Crippen LogP contribution in [0.25, 0.3) is 0 Å². The van der Waals surface area contributed by atoms with E-state index in [0.717, 1.165) is 19.5 Å². The highest BCUT2D eigenvalue weighted by Crippen LogP contribution is 2.15. The van der Waals surface area contributed by atoms with Gasteiger partial charge in [-0.15, -0.1) is 24.0 Å². The van der Waals surface area contributed by atoms with Crippen LogP contribution in [0, 0.1) is 0 Å². The van der Waals surface area contributed by atoms with Crippen LogP contribution < -0.4 is 10.6 Å². The summed E-state index contributed by atoms with van der Waals surface area (Å²) in [6, 6.07) is 10.8. The van der Waals surface area contributed by atoms with Gasteiger partial charge in [-0.1, -0.05) is 30.3 Å². The summed E-state index contributed by atoms with van der Waals surface area (Å²) in [6.45, 7) is 3.94. The molecule has 0 saturated carbocycles. The molecule has 5 nitrogen and oxygen atoms in total. The van der Waals surface area contributed by atoms with Crippen molar-refractivity contribution in [1.82, 2.24) is 20.4 Å². The van der Waals surface area contributed by atoms with E-state index in [0.29, 0.717) is 31.5 Å². The number of halogens is 4. The van der Waals surface area contributed by atoms with Gasteiger partial charge in [0.15, 0.2) is 5.96 Å². The molecule has 0 saturated heterocycles. The Balaban J connectivity index is 0.00000784. The minimum Gasteiger partial charge on any atom is -0.356 e. The SMILES string of the molecule is CN=C(NCCCN(C)CC(F)(F)F)NCCC(C)N(C)Cc1ccccc1.I. The average Bonchev–Trinajstić information content (AvgIpc) is 2.62. The van der Waals surface area contributed by atoms with Crippen LogP contribution in [0.5, 0.6) is 0 Å². The molecule has 0 aliphatic rings. The molecule has 9 heteroatoms. The summed E-state index contributed by atoms with van der Waals surface area (Å²) >= 11 is 0. The molecule has 29 heavy (non-hydrogen) atoms. The quantitative estimate of drug-likeness (QED) is 0.199. The second-order valence-corrected chi connectivity index (χ2v) is 7.17. The highest BCUT2D eigenvalue weighted by atomic mass is 127. The van der Waals surface area contributed by atoms with E-state index in [4.69, 9.17) is 0 Å². The van der Waals surface area contributed by atoms with Crippen LogP contribution in [0.2, 0.25) is 0 Å². The molecule has 0 fully saturated rings. The first-order valence-corrected chi connectivity index (χ1v) is 9.65. The van der Waals surface area contributed by atoms with Crippen LogP contribution in [0.15, 0.2) is 35.3 Å². The molecule has 0 aliphatic heterocycles. The molecule has 168 valence electrons. The second kappa shape index (κ2) is 14.8. The summed E-state index contributed by atoms with van der Waals surface area (Å²) in [4.78, 5) is 7.75. The molecule has 0 bridgehead atoms. The van der Waals surface area contributed by atoms with Crippen molar-refractivity contribution in [2.45, 2.75) is 38.5 Å². The van der Waals surface area contributed by atoms with E-state index >= 15 is 0 Å². The first-order chi connectivity index (χ1) is 13.2. The van der Waals surface area contributed by atoms with Crippen molar-refractivity contribution in [3.8, 4) is 0 Å². The summed E-state index contributed by atoms with van der Waals surface area (Å²) in [7, 11) is 5.28. The van der Waals surface area contributed by atoms with Gasteiger partial charge in [-0.3, -0.25) is 14.8 Å². The molecule has 1 atom stereocenters. The Morgan fingerprint density at radius 3 is 2.31 bits per heavy atom. The summed E-state index contributed by atoms with van der Waals surface area (Å²) < 4.78 is 36.9. The zero-order valence-electron chi connectivity index (χ0n) is 17.8. The van der Waals surface area contributed by atoms with Gasteiger partial charge in [-0.2, -0.15) is 13.2 Å². The molecule has 1 aromatic carbocycles. The summed E-state index contributed by atoms with van der Waals surface area (Å²) in [5.41, 5.74) is 1.29. The van der Waals surface area contributed by atoms with E-state index in [1.165, 1.54) is 17.5 Å². The van der Waals surface area contributed by atoms with Crippen LogP contribution in [0.1, 0.15) is 25.3 Å². The largest absolute Gasteiger partial charge is 0.401 e. The lowest BCUT2D eigenvalue weighted by Crippen LogP contribution is -2.41. The summed E-state index contributed by atoms with van der Waals surface area (Å²) in [5.74, 6) is 0.677. The Kier molecular flexibility index (Phi) is 14.3. The molecular formula is C20H35F3IN5. The van der Waals surface area contributed by atoms with Gasteiger partial charge in [0.1, 0.15) is 0 Å². The number of benzene rings is 1. The zero-order chi connectivity index (χ0) is 21.0. The Bertz CT molecular complexity index is 569. The molecule has 0 aromatic heterocycles. The minimum atomic E-state index is -4.15. The van der Waals surface area contributed by atoms with Crippen molar-refractivity contribution in [2.24, 2.45) is 4.99 Å². The van der Waals surface area contributed by atoms with Crippen molar-refractivity contribution in [3.63, 3.8) is 0 Å². The number of hydrogen-bond acceptors (Lipinski definition) is 3. The van der Waals surface area contributed by atoms with Gasteiger partial charge in [-0.05, 0) is 46.0 Å². The van der Waals surface area contributed by atoms with Crippen LogP contribution in [0.3, 0.4) is 0 Å². The Morgan fingerprint density at radius 2 is 1.72 bits per heavy atom. The predicted molar refractivity (Wildman–Crippen MR) is 125 cm³/mol. The average molecular weight is 529 g/mol. The van der Waals surface area contributed by atoms with E-state index in [2.05, 4.69) is 46.6 Å². The predicted octanol–water partition coefficient (Wildman–Crippen LogP) is 3.56. The molecule has 1 rings (SSSR count). The van der Waals surface area contributed by atoms with Crippen LogP contribution in [-0.2, 0) is 6.54 Å². The Labute approximate surface area is 190 Å². The fraction of sp³-hybridized carbons (Fsp3) is 0.650. The minimum absolute atomic E-state index is 0. The molecule has 1 unspecified atom stereocenters. The second-order valence-electron chi connectivity index (χ2n) is 7.17. The van der Waals surface area contributed by atoms with Crippen molar-refractivity contribution in [3.05, 3.63) is 35.9 Å². The maximum absolute atomic E-state index is 12.3. The number of hydrogen-bond donors (Lipinski definition) is 2. The normalized spacial score (nSPS) is 13.3. The number of aliphatic imine (C=N–C) groups is 1. The fourth-order valence-electron chi connectivity index (χ4n) is 2.81. The molecule has 0 amide bonds. The third-order valence-electron chi connectivity index (χ3n) is 4.56. The van der Waals surface area contributed by atoms with Gasteiger partial charge in [0.25, 0.3) is 0 Å². The topological polar surface area (TPSA) is 42.9 Å². The van der Waals surface area contributed by atoms with Crippen LogP contribution >= 0.6 is 24.0 Å². The van der Waals surface area contributed by atoms with Gasteiger partial charge in [0, 0.05) is 32.7 Å². The highest BCUT2D eigenvalue weighted by molar-refractivity contribution is 14.0. The van der Waals surface area contributed by atoms with Crippen molar-refractivity contribution in [1.29, 1.82) is 0 Å². The lowest BCUT2D eigenvalue weighted by atomic mass is 10.1. The lowest BCUT2D eigenvalue weighted by Gasteiger charge is -2.25. The van der Waals surface area contributed by atoms with Gasteiger partial charge in [0.05, 0.1) is 6.54 Å². The highest BCUT2D eigenvalue weighted by Gasteiger charge is 2.28. The number of nitrogens with one attached hydrogen (secondary N) is 2. The van der Waals surface area contributed by atoms with E-state index in [1.807, 2.05) is 18.2 Å². The van der Waals surface area contributed by atoms with Crippen LogP contribution in [-0.4, -0.2) is 75.3 Å². The van der Waals surface area contributed by atoms with E-state index in [9.17, 15) is 13.2 Å². The van der Waals surface area contributed by atoms with Crippen LogP contribution in [0.4, 0.5) is 13.2 Å². The maximum Gasteiger partial charge on any atom is 0.401 e. The van der Waals surface area contributed by atoms with Crippen molar-refractivity contribution in [2.75, 3.05) is 47.3 Å². The van der Waals surface area contributed by atoms with E-state index in [1.54, 1.807) is 7.05 Å². The fourth-order valence-corrected chi connectivity index (χ4v) is 2.81.